The Bertz CT molecular complexity index is 657. The Morgan fingerprint density at radius 2 is 2.29 bits per heavy atom. The summed E-state index contributed by atoms with van der Waals surface area (Å²) in [5.41, 5.74) is -0.745. The summed E-state index contributed by atoms with van der Waals surface area (Å²) >= 11 is 0. The van der Waals surface area contributed by atoms with E-state index in [0.29, 0.717) is 5.56 Å². The number of guanidine groups is 1. The first kappa shape index (κ1) is 14.4. The maximum absolute atomic E-state index is 11.7. The molecule has 3 N–H and O–H groups in total. The molecule has 1 aromatic carbocycles. The van der Waals surface area contributed by atoms with Crippen LogP contribution < -0.4 is 10.6 Å². The molecule has 21 heavy (non-hydrogen) atoms. The van der Waals surface area contributed by atoms with Crippen LogP contribution in [0.1, 0.15) is 18.9 Å². The summed E-state index contributed by atoms with van der Waals surface area (Å²) in [7, 11) is 0. The quantitative estimate of drug-likeness (QED) is 0.551. The number of carbonyl (C=O) groups is 2. The Morgan fingerprint density at radius 1 is 1.57 bits per heavy atom. The number of non-ortho nitro benzene ring substituents is 1. The molecule has 1 aromatic rings. The predicted molar refractivity (Wildman–Crippen MR) is 71.8 cm³/mol. The Balaban J connectivity index is 2.44. The van der Waals surface area contributed by atoms with Crippen LogP contribution in [-0.4, -0.2) is 28.0 Å². The number of carbonyl (C=O) groups excluding carboxylic acids is 1. The second-order valence-electron chi connectivity index (χ2n) is 4.70. The summed E-state index contributed by atoms with van der Waals surface area (Å²) in [4.78, 5) is 36.8. The Labute approximate surface area is 118 Å². The van der Waals surface area contributed by atoms with Gasteiger partial charge >= 0.3 is 6.09 Å². The molecule has 0 radical (unpaired) electrons. The predicted octanol–water partition coefficient (Wildman–Crippen LogP) is 0.954. The van der Waals surface area contributed by atoms with Crippen molar-refractivity contribution in [2.24, 2.45) is 4.99 Å². The average Bonchev–Trinajstić information content (AvgIpc) is 2.36. The lowest BCUT2D eigenvalue weighted by Crippen LogP contribution is -2.50. The normalized spacial score (nSPS) is 21.2. The minimum absolute atomic E-state index is 0.0427. The smallest absolute Gasteiger partial charge is 0.411 e. The Kier molecular flexibility index (Phi) is 3.57. The largest absolute Gasteiger partial charge is 0.465 e. The Morgan fingerprint density at radius 3 is 2.90 bits per heavy atom. The minimum Gasteiger partial charge on any atom is -0.465 e. The molecule has 0 fully saturated rings. The van der Waals surface area contributed by atoms with E-state index in [1.54, 1.807) is 13.0 Å². The standard InChI is InChI=1S/C12H12N4O5/c1-12(7-3-2-4-8(5-7)16(20)21)6-9(17)13-10(15-12)14-11(18)19/h2-5H,6H2,1H3,(H,18,19)(H2,13,14,15,17)/t12-/m0/s1. The number of hydrogen-bond donors (Lipinski definition) is 3. The van der Waals surface area contributed by atoms with Crippen LogP contribution in [0, 0.1) is 10.1 Å². The van der Waals surface area contributed by atoms with E-state index in [-0.39, 0.29) is 18.1 Å². The number of benzene rings is 1. The SMILES string of the molecule is C[C@@]1(c2cccc([N+](=O)[O-])c2)CC(=O)NC(NC(=O)O)=N1. The van der Waals surface area contributed by atoms with Crippen molar-refractivity contribution in [1.82, 2.24) is 10.6 Å². The lowest BCUT2D eigenvalue weighted by atomic mass is 9.88. The van der Waals surface area contributed by atoms with Gasteiger partial charge in [-0.15, -0.1) is 0 Å². The summed E-state index contributed by atoms with van der Waals surface area (Å²) in [6.45, 7) is 1.61. The van der Waals surface area contributed by atoms with Gasteiger partial charge in [0.1, 0.15) is 0 Å². The maximum atomic E-state index is 11.7. The highest BCUT2D eigenvalue weighted by Crippen LogP contribution is 2.32. The zero-order chi connectivity index (χ0) is 15.6. The van der Waals surface area contributed by atoms with Gasteiger partial charge in [-0.2, -0.15) is 0 Å². The van der Waals surface area contributed by atoms with Crippen molar-refractivity contribution in [2.75, 3.05) is 0 Å². The highest BCUT2D eigenvalue weighted by atomic mass is 16.6. The number of amides is 2. The summed E-state index contributed by atoms with van der Waals surface area (Å²) in [5.74, 6) is -0.629. The van der Waals surface area contributed by atoms with E-state index in [4.69, 9.17) is 5.11 Å². The lowest BCUT2D eigenvalue weighted by molar-refractivity contribution is -0.385. The average molecular weight is 292 g/mol. The third kappa shape index (κ3) is 3.14. The van der Waals surface area contributed by atoms with Crippen molar-refractivity contribution in [2.45, 2.75) is 18.9 Å². The zero-order valence-corrected chi connectivity index (χ0v) is 11.0. The molecule has 0 spiro atoms. The first-order valence-electron chi connectivity index (χ1n) is 5.95. The van der Waals surface area contributed by atoms with Gasteiger partial charge in [0.05, 0.1) is 16.9 Å². The fourth-order valence-corrected chi connectivity index (χ4v) is 2.08. The van der Waals surface area contributed by atoms with Crippen LogP contribution in [0.3, 0.4) is 0 Å². The zero-order valence-electron chi connectivity index (χ0n) is 11.0. The van der Waals surface area contributed by atoms with E-state index in [1.165, 1.54) is 18.2 Å². The number of hydrogen-bond acceptors (Lipinski definition) is 5. The number of carboxylic acid groups (broad SMARTS) is 1. The van der Waals surface area contributed by atoms with Crippen LogP contribution in [0.2, 0.25) is 0 Å². The second kappa shape index (κ2) is 5.19. The molecule has 0 bridgehead atoms. The molecule has 9 heteroatoms. The van der Waals surface area contributed by atoms with Gasteiger partial charge in [-0.25, -0.2) is 9.79 Å². The highest BCUT2D eigenvalue weighted by molar-refractivity contribution is 6.04. The van der Waals surface area contributed by atoms with Gasteiger partial charge in [-0.3, -0.25) is 25.5 Å². The molecule has 0 unspecified atom stereocenters. The Hall–Kier alpha value is -2.97. The van der Waals surface area contributed by atoms with Crippen molar-refractivity contribution in [1.29, 1.82) is 0 Å². The summed E-state index contributed by atoms with van der Waals surface area (Å²) in [6, 6.07) is 5.74. The molecule has 0 saturated heterocycles. The molecule has 0 aliphatic carbocycles. The van der Waals surface area contributed by atoms with Crippen LogP contribution >= 0.6 is 0 Å². The maximum Gasteiger partial charge on any atom is 0.411 e. The van der Waals surface area contributed by atoms with Crippen molar-refractivity contribution < 1.29 is 19.6 Å². The molecule has 1 aliphatic heterocycles. The first-order chi connectivity index (χ1) is 9.80. The van der Waals surface area contributed by atoms with Crippen molar-refractivity contribution in [3.63, 3.8) is 0 Å². The minimum atomic E-state index is -1.36. The number of rotatable bonds is 2. The van der Waals surface area contributed by atoms with Gasteiger partial charge in [0.15, 0.2) is 0 Å². The molecule has 0 aromatic heterocycles. The monoisotopic (exact) mass is 292 g/mol. The van der Waals surface area contributed by atoms with E-state index in [2.05, 4.69) is 10.3 Å². The number of nitro benzene ring substituents is 1. The topological polar surface area (TPSA) is 134 Å². The summed E-state index contributed by atoms with van der Waals surface area (Å²) in [5, 5.41) is 23.8. The van der Waals surface area contributed by atoms with Crippen LogP contribution in [0.5, 0.6) is 0 Å². The highest BCUT2D eigenvalue weighted by Gasteiger charge is 2.35. The number of aliphatic imine (C=N–C) groups is 1. The van der Waals surface area contributed by atoms with Gasteiger partial charge in [0, 0.05) is 12.1 Å². The molecular formula is C12H12N4O5. The molecule has 1 atom stereocenters. The second-order valence-corrected chi connectivity index (χ2v) is 4.70. The van der Waals surface area contributed by atoms with E-state index < -0.39 is 22.5 Å². The van der Waals surface area contributed by atoms with Gasteiger partial charge in [0.25, 0.3) is 5.69 Å². The van der Waals surface area contributed by atoms with E-state index in [1.807, 2.05) is 5.32 Å². The van der Waals surface area contributed by atoms with Crippen molar-refractivity contribution in [3.8, 4) is 0 Å². The van der Waals surface area contributed by atoms with Gasteiger partial charge in [0.2, 0.25) is 11.9 Å². The van der Waals surface area contributed by atoms with Crippen LogP contribution in [0.15, 0.2) is 29.3 Å². The molecule has 1 aliphatic rings. The molecule has 0 saturated carbocycles. The van der Waals surface area contributed by atoms with E-state index >= 15 is 0 Å². The molecule has 2 amide bonds. The molecule has 1 heterocycles. The van der Waals surface area contributed by atoms with Gasteiger partial charge in [-0.1, -0.05) is 12.1 Å². The van der Waals surface area contributed by atoms with Gasteiger partial charge in [-0.05, 0) is 12.5 Å². The van der Waals surface area contributed by atoms with Crippen molar-refractivity contribution in [3.05, 3.63) is 39.9 Å². The van der Waals surface area contributed by atoms with Gasteiger partial charge < -0.3 is 5.11 Å². The number of nitrogens with zero attached hydrogens (tertiary/aromatic N) is 2. The first-order valence-corrected chi connectivity index (χ1v) is 5.95. The molecular weight excluding hydrogens is 280 g/mol. The number of nitro groups is 1. The fraction of sp³-hybridized carbons (Fsp3) is 0.250. The summed E-state index contributed by atoms with van der Waals surface area (Å²) < 4.78 is 0. The van der Waals surface area contributed by atoms with Crippen LogP contribution in [0.25, 0.3) is 0 Å². The molecule has 110 valence electrons. The van der Waals surface area contributed by atoms with Crippen molar-refractivity contribution >= 4 is 23.6 Å². The third-order valence-electron chi connectivity index (χ3n) is 3.03. The van der Waals surface area contributed by atoms with Crippen LogP contribution in [0.4, 0.5) is 10.5 Å². The van der Waals surface area contributed by atoms with Crippen LogP contribution in [-0.2, 0) is 10.3 Å². The number of nitrogens with one attached hydrogen (secondary N) is 2. The fourth-order valence-electron chi connectivity index (χ4n) is 2.08. The molecule has 9 nitrogen and oxygen atoms in total. The molecule has 2 rings (SSSR count). The van der Waals surface area contributed by atoms with E-state index in [0.717, 1.165) is 0 Å². The van der Waals surface area contributed by atoms with E-state index in [9.17, 15) is 19.7 Å². The third-order valence-corrected chi connectivity index (χ3v) is 3.03. The summed E-state index contributed by atoms with van der Waals surface area (Å²) in [6.07, 6.45) is -1.41. The lowest BCUT2D eigenvalue weighted by Gasteiger charge is -2.30.